The molecule has 0 aromatic rings. The van der Waals surface area contributed by atoms with Crippen molar-refractivity contribution in [3.63, 3.8) is 0 Å². The van der Waals surface area contributed by atoms with E-state index in [1.807, 2.05) is 20.8 Å². The van der Waals surface area contributed by atoms with Gasteiger partial charge in [-0.2, -0.15) is 0 Å². The van der Waals surface area contributed by atoms with Crippen LogP contribution in [-0.2, 0) is 14.4 Å². The first-order chi connectivity index (χ1) is 15.2. The van der Waals surface area contributed by atoms with Crippen molar-refractivity contribution < 1.29 is 29.7 Å². The van der Waals surface area contributed by atoms with Crippen LogP contribution in [0.5, 0.6) is 0 Å². The maximum atomic E-state index is 10.4. The van der Waals surface area contributed by atoms with Crippen molar-refractivity contribution in [1.82, 2.24) is 0 Å². The summed E-state index contributed by atoms with van der Waals surface area (Å²) < 4.78 is 0. The second-order valence-corrected chi connectivity index (χ2v) is 7.76. The summed E-state index contributed by atoms with van der Waals surface area (Å²) in [6, 6.07) is 0. The fourth-order valence-corrected chi connectivity index (χ4v) is 2.86. The minimum atomic E-state index is -0.643. The molecule has 3 N–H and O–H groups in total. The second-order valence-electron chi connectivity index (χ2n) is 7.76. The monoisotopic (exact) mass is 568 g/mol. The van der Waals surface area contributed by atoms with Gasteiger partial charge in [0.2, 0.25) is 0 Å². The Morgan fingerprint density at radius 1 is 0.531 bits per heavy atom. The van der Waals surface area contributed by atoms with Gasteiger partial charge >= 0.3 is 45.4 Å². The zero-order valence-corrected chi connectivity index (χ0v) is 25.2. The molecule has 0 aliphatic heterocycles. The average Bonchev–Trinajstić information content (AvgIpc) is 2.77. The molecule has 3 atom stereocenters. The molecule has 192 valence electrons. The number of carbonyl (C=O) groups is 3. The molecule has 2 radical (unpaired) electrons. The minimum absolute atomic E-state index is 0.111. The first kappa shape index (κ1) is 38.5. The molecule has 3 unspecified atom stereocenters. The number of hydrogen-bond acceptors (Lipinski definition) is 3. The zero-order chi connectivity index (χ0) is 25.9. The fraction of sp³-hybridized carbons (Fsp3) is 0.880. The summed E-state index contributed by atoms with van der Waals surface area (Å²) in [7, 11) is 0. The van der Waals surface area contributed by atoms with Gasteiger partial charge in [-0.1, -0.05) is 80.1 Å². The van der Waals surface area contributed by atoms with E-state index in [2.05, 4.69) is 25.7 Å². The molecule has 0 rings (SSSR count). The van der Waals surface area contributed by atoms with Gasteiger partial charge in [0.1, 0.15) is 0 Å². The number of carboxylic acids is 3. The number of carboxylic acid groups (broad SMARTS) is 3. The van der Waals surface area contributed by atoms with Crippen LogP contribution in [0.25, 0.3) is 0 Å². The van der Waals surface area contributed by atoms with Crippen LogP contribution in [0.3, 0.4) is 0 Å². The molecule has 32 heavy (non-hydrogen) atoms. The van der Waals surface area contributed by atoms with Gasteiger partial charge in [0.15, 0.2) is 0 Å². The van der Waals surface area contributed by atoms with Crippen LogP contribution < -0.4 is 0 Å². The number of unbranched alkanes of at least 4 members (excludes halogenated alkanes) is 3. The third kappa shape index (κ3) is 27.2. The topological polar surface area (TPSA) is 112 Å². The molecule has 0 bridgehead atoms. The molecule has 0 aliphatic rings. The Labute approximate surface area is 211 Å². The Hall–Kier alpha value is -0.791. The molecular formula is C25H52O6Sn. The van der Waals surface area contributed by atoms with E-state index >= 15 is 0 Å². The Morgan fingerprint density at radius 2 is 0.719 bits per heavy atom. The van der Waals surface area contributed by atoms with Crippen LogP contribution in [0.2, 0.25) is 4.94 Å². The van der Waals surface area contributed by atoms with Crippen LogP contribution >= 0.6 is 0 Å². The van der Waals surface area contributed by atoms with Crippen LogP contribution in [0.1, 0.15) is 119 Å². The third-order valence-electron chi connectivity index (χ3n) is 5.24. The van der Waals surface area contributed by atoms with Crippen molar-refractivity contribution in [3.8, 4) is 0 Å². The number of rotatable bonds is 15. The Morgan fingerprint density at radius 3 is 0.812 bits per heavy atom. The van der Waals surface area contributed by atoms with E-state index < -0.39 is 17.9 Å². The molecule has 0 aromatic heterocycles. The molecule has 0 amide bonds. The van der Waals surface area contributed by atoms with Gasteiger partial charge in [-0.05, 0) is 38.5 Å². The second kappa shape index (κ2) is 30.2. The summed E-state index contributed by atoms with van der Waals surface area (Å²) in [6.45, 7) is 12.0. The normalized spacial score (nSPS) is 12.4. The summed E-state index contributed by atoms with van der Waals surface area (Å²) in [5, 5.41) is 25.8. The SMILES string of the molecule is CCCCC(CC)C(=O)O.CCCCC(CC)C(=O)O.CCCCC(CC)C(=O)O.[CH3][SnH]. The third-order valence-corrected chi connectivity index (χ3v) is 5.24. The Bertz CT molecular complexity index is 367. The maximum absolute atomic E-state index is 10.4. The van der Waals surface area contributed by atoms with E-state index in [0.717, 1.165) is 77.0 Å². The summed E-state index contributed by atoms with van der Waals surface area (Å²) in [5.74, 6) is -2.26. The van der Waals surface area contributed by atoms with Gasteiger partial charge in [-0.15, -0.1) is 0 Å². The average molecular weight is 567 g/mol. The molecule has 0 aliphatic carbocycles. The summed E-state index contributed by atoms with van der Waals surface area (Å²) in [5.41, 5.74) is 0. The summed E-state index contributed by atoms with van der Waals surface area (Å²) >= 11 is 1.35. The van der Waals surface area contributed by atoms with Crippen molar-refractivity contribution in [1.29, 1.82) is 0 Å². The molecule has 7 heteroatoms. The fourth-order valence-electron chi connectivity index (χ4n) is 2.86. The quantitative estimate of drug-likeness (QED) is 0.188. The van der Waals surface area contributed by atoms with Gasteiger partial charge in [-0.3, -0.25) is 14.4 Å². The standard InChI is InChI=1S/3C8H16O2.CH3.Sn.H/c3*1-3-5-6-7(4-2)8(9)10;;;/h3*7H,3-6H2,1-2H3,(H,9,10);1H3;;. The van der Waals surface area contributed by atoms with E-state index in [0.29, 0.717) is 0 Å². The van der Waals surface area contributed by atoms with Crippen molar-refractivity contribution in [2.24, 2.45) is 17.8 Å². The molecule has 0 saturated heterocycles. The van der Waals surface area contributed by atoms with E-state index in [1.165, 1.54) is 22.5 Å². The van der Waals surface area contributed by atoms with Crippen molar-refractivity contribution in [2.45, 2.75) is 124 Å². The van der Waals surface area contributed by atoms with E-state index in [9.17, 15) is 14.4 Å². The summed E-state index contributed by atoms with van der Waals surface area (Å²) in [6.07, 6.45) is 11.1. The molecule has 0 saturated carbocycles. The molecule has 0 spiro atoms. The van der Waals surface area contributed by atoms with Crippen LogP contribution in [0, 0.1) is 17.8 Å². The number of aliphatic carboxylic acids is 3. The van der Waals surface area contributed by atoms with Gasteiger partial charge in [0.05, 0.1) is 17.8 Å². The van der Waals surface area contributed by atoms with Crippen LogP contribution in [0.4, 0.5) is 0 Å². The molecular weight excluding hydrogens is 515 g/mol. The summed E-state index contributed by atoms with van der Waals surface area (Å²) in [4.78, 5) is 33.4. The first-order valence-corrected chi connectivity index (χ1v) is 15.7. The van der Waals surface area contributed by atoms with Gasteiger partial charge in [-0.25, -0.2) is 0 Å². The van der Waals surface area contributed by atoms with Crippen LogP contribution in [-0.4, -0.2) is 55.8 Å². The number of hydrogen-bond donors (Lipinski definition) is 3. The zero-order valence-electron chi connectivity index (χ0n) is 21.9. The molecule has 0 aromatic carbocycles. The van der Waals surface area contributed by atoms with Gasteiger partial charge < -0.3 is 15.3 Å². The Kier molecular flexibility index (Phi) is 36.3. The van der Waals surface area contributed by atoms with E-state index in [4.69, 9.17) is 15.3 Å². The van der Waals surface area contributed by atoms with Crippen molar-refractivity contribution in [2.75, 3.05) is 0 Å². The molecule has 0 fully saturated rings. The molecule has 6 nitrogen and oxygen atoms in total. The van der Waals surface area contributed by atoms with Crippen LogP contribution in [0.15, 0.2) is 0 Å². The van der Waals surface area contributed by atoms with Gasteiger partial charge in [0, 0.05) is 0 Å². The van der Waals surface area contributed by atoms with E-state index in [-0.39, 0.29) is 17.8 Å². The molecule has 0 heterocycles. The Balaban J connectivity index is -0.000000176. The van der Waals surface area contributed by atoms with Gasteiger partial charge in [0.25, 0.3) is 0 Å². The predicted molar refractivity (Wildman–Crippen MR) is 136 cm³/mol. The van der Waals surface area contributed by atoms with E-state index in [1.54, 1.807) is 0 Å². The van der Waals surface area contributed by atoms with Crippen molar-refractivity contribution >= 4 is 40.4 Å². The predicted octanol–water partition coefficient (Wildman–Crippen LogP) is 6.80. The van der Waals surface area contributed by atoms with Crippen molar-refractivity contribution in [3.05, 3.63) is 0 Å². The first-order valence-electron chi connectivity index (χ1n) is 12.4.